The fraction of sp³-hybridized carbons (Fsp3) is 0.222. The zero-order valence-electron chi connectivity index (χ0n) is 7.16. The van der Waals surface area contributed by atoms with Crippen molar-refractivity contribution in [2.45, 2.75) is 6.04 Å². The third kappa shape index (κ3) is 1.48. The van der Waals surface area contributed by atoms with Gasteiger partial charge in [-0.15, -0.1) is 0 Å². The largest absolute Gasteiger partial charge is 0.508 e. The summed E-state index contributed by atoms with van der Waals surface area (Å²) >= 11 is 0. The Morgan fingerprint density at radius 1 is 1.57 bits per heavy atom. The molecule has 0 bridgehead atoms. The number of phenolic OH excluding ortho intramolecular Hbond substituents is 1. The first kappa shape index (κ1) is 8.80. The highest BCUT2D eigenvalue weighted by Gasteiger charge is 2.26. The minimum atomic E-state index is -0.555. The van der Waals surface area contributed by atoms with E-state index in [4.69, 9.17) is 5.11 Å². The summed E-state index contributed by atoms with van der Waals surface area (Å²) in [5.41, 5.74) is 0.314. The summed E-state index contributed by atoms with van der Waals surface area (Å²) < 4.78 is 17.9. The van der Waals surface area contributed by atoms with Gasteiger partial charge in [-0.05, 0) is 6.07 Å². The molecule has 1 amide bonds. The number of rotatable bonds is 1. The smallest absolute Gasteiger partial charge is 0.407 e. The van der Waals surface area contributed by atoms with Crippen LogP contribution in [0.25, 0.3) is 0 Å². The van der Waals surface area contributed by atoms with Gasteiger partial charge in [0, 0.05) is 11.6 Å². The monoisotopic (exact) mass is 197 g/mol. The van der Waals surface area contributed by atoms with E-state index in [1.807, 2.05) is 0 Å². The standard InChI is InChI=1S/C9H8FNO3/c10-7-3-5(12)1-2-6(7)8-4-14-9(13)11-8/h1-3,8,12H,4H2,(H,11,13)/t8-/m0/s1. The minimum Gasteiger partial charge on any atom is -0.508 e. The Bertz CT molecular complexity index is 380. The van der Waals surface area contributed by atoms with Crippen LogP contribution in [0.2, 0.25) is 0 Å². The van der Waals surface area contributed by atoms with Gasteiger partial charge in [0.05, 0.1) is 6.04 Å². The van der Waals surface area contributed by atoms with Crippen LogP contribution in [-0.2, 0) is 4.74 Å². The van der Waals surface area contributed by atoms with E-state index in [0.717, 1.165) is 6.07 Å². The number of carbonyl (C=O) groups is 1. The van der Waals surface area contributed by atoms with Crippen molar-refractivity contribution in [2.75, 3.05) is 6.61 Å². The average molecular weight is 197 g/mol. The molecule has 1 aromatic carbocycles. The molecule has 1 heterocycles. The molecule has 1 fully saturated rings. The molecule has 0 aromatic heterocycles. The molecule has 0 radical (unpaired) electrons. The van der Waals surface area contributed by atoms with Gasteiger partial charge in [-0.1, -0.05) is 6.07 Å². The summed E-state index contributed by atoms with van der Waals surface area (Å²) in [4.78, 5) is 10.7. The van der Waals surface area contributed by atoms with Crippen molar-refractivity contribution in [1.29, 1.82) is 0 Å². The van der Waals surface area contributed by atoms with Gasteiger partial charge < -0.3 is 15.2 Å². The lowest BCUT2D eigenvalue weighted by Crippen LogP contribution is -2.19. The van der Waals surface area contributed by atoms with Crippen LogP contribution in [0, 0.1) is 5.82 Å². The number of halogens is 1. The number of hydrogen-bond donors (Lipinski definition) is 2. The van der Waals surface area contributed by atoms with E-state index in [1.54, 1.807) is 0 Å². The van der Waals surface area contributed by atoms with Crippen molar-refractivity contribution >= 4 is 6.09 Å². The van der Waals surface area contributed by atoms with Crippen LogP contribution in [-0.4, -0.2) is 17.8 Å². The van der Waals surface area contributed by atoms with Crippen LogP contribution in [0.1, 0.15) is 11.6 Å². The van der Waals surface area contributed by atoms with E-state index in [0.29, 0.717) is 5.56 Å². The van der Waals surface area contributed by atoms with Crippen molar-refractivity contribution < 1.29 is 19.0 Å². The molecule has 1 atom stereocenters. The Labute approximate surface area is 79.3 Å². The van der Waals surface area contributed by atoms with E-state index in [-0.39, 0.29) is 12.4 Å². The maximum atomic E-state index is 13.3. The van der Waals surface area contributed by atoms with E-state index in [9.17, 15) is 9.18 Å². The maximum absolute atomic E-state index is 13.3. The molecule has 0 aliphatic carbocycles. The molecule has 1 aliphatic heterocycles. The minimum absolute atomic E-state index is 0.112. The van der Waals surface area contributed by atoms with Crippen LogP contribution in [0.5, 0.6) is 5.75 Å². The number of nitrogens with one attached hydrogen (secondary N) is 1. The van der Waals surface area contributed by atoms with E-state index in [2.05, 4.69) is 10.1 Å². The number of benzene rings is 1. The highest BCUT2D eigenvalue weighted by Crippen LogP contribution is 2.23. The molecule has 2 N–H and O–H groups in total. The van der Waals surface area contributed by atoms with Gasteiger partial charge in [0.15, 0.2) is 0 Å². The second kappa shape index (κ2) is 3.17. The third-order valence-electron chi connectivity index (χ3n) is 2.03. The van der Waals surface area contributed by atoms with Crippen molar-refractivity contribution in [2.24, 2.45) is 0 Å². The predicted molar refractivity (Wildman–Crippen MR) is 45.3 cm³/mol. The Morgan fingerprint density at radius 2 is 2.36 bits per heavy atom. The fourth-order valence-electron chi connectivity index (χ4n) is 1.35. The lowest BCUT2D eigenvalue weighted by atomic mass is 10.1. The summed E-state index contributed by atoms with van der Waals surface area (Å²) in [6, 6.07) is 3.32. The van der Waals surface area contributed by atoms with E-state index < -0.39 is 18.0 Å². The lowest BCUT2D eigenvalue weighted by Gasteiger charge is -2.08. The number of phenols is 1. The Balaban J connectivity index is 2.28. The van der Waals surface area contributed by atoms with Gasteiger partial charge in [0.2, 0.25) is 0 Å². The molecule has 1 aliphatic rings. The molecule has 74 valence electrons. The van der Waals surface area contributed by atoms with Crippen molar-refractivity contribution in [1.82, 2.24) is 5.32 Å². The molecule has 0 spiro atoms. The number of ether oxygens (including phenoxy) is 1. The van der Waals surface area contributed by atoms with Crippen LogP contribution in [0.15, 0.2) is 18.2 Å². The highest BCUT2D eigenvalue weighted by molar-refractivity contribution is 5.70. The number of cyclic esters (lactones) is 1. The van der Waals surface area contributed by atoms with E-state index >= 15 is 0 Å². The Kier molecular flexibility index (Phi) is 1.99. The first-order valence-electron chi connectivity index (χ1n) is 4.08. The lowest BCUT2D eigenvalue weighted by molar-refractivity contribution is 0.176. The quantitative estimate of drug-likeness (QED) is 0.713. The molecule has 5 heteroatoms. The maximum Gasteiger partial charge on any atom is 0.407 e. The summed E-state index contributed by atoms with van der Waals surface area (Å²) in [5.74, 6) is -0.697. The van der Waals surface area contributed by atoms with Crippen LogP contribution < -0.4 is 5.32 Å². The zero-order valence-corrected chi connectivity index (χ0v) is 7.16. The third-order valence-corrected chi connectivity index (χ3v) is 2.03. The summed E-state index contributed by atoms with van der Waals surface area (Å²) in [5, 5.41) is 11.4. The second-order valence-corrected chi connectivity index (χ2v) is 3.00. The molecule has 4 nitrogen and oxygen atoms in total. The summed E-state index contributed by atoms with van der Waals surface area (Å²) in [6.07, 6.45) is -0.553. The van der Waals surface area contributed by atoms with Gasteiger partial charge in [-0.3, -0.25) is 0 Å². The van der Waals surface area contributed by atoms with Gasteiger partial charge in [0.25, 0.3) is 0 Å². The summed E-state index contributed by atoms with van der Waals surface area (Å²) in [6.45, 7) is 0.112. The number of aromatic hydroxyl groups is 1. The molecule has 1 aromatic rings. The fourth-order valence-corrected chi connectivity index (χ4v) is 1.35. The van der Waals surface area contributed by atoms with Crippen LogP contribution >= 0.6 is 0 Å². The zero-order chi connectivity index (χ0) is 10.1. The van der Waals surface area contributed by atoms with E-state index in [1.165, 1.54) is 12.1 Å². The molecule has 2 rings (SSSR count). The molecular weight excluding hydrogens is 189 g/mol. The van der Waals surface area contributed by atoms with Crippen molar-refractivity contribution in [3.05, 3.63) is 29.6 Å². The normalized spacial score (nSPS) is 20.4. The van der Waals surface area contributed by atoms with Crippen molar-refractivity contribution in [3.8, 4) is 5.75 Å². The topological polar surface area (TPSA) is 58.6 Å². The molecule has 1 saturated heterocycles. The van der Waals surface area contributed by atoms with Crippen LogP contribution in [0.3, 0.4) is 0 Å². The number of hydrogen-bond acceptors (Lipinski definition) is 3. The highest BCUT2D eigenvalue weighted by atomic mass is 19.1. The molecule has 14 heavy (non-hydrogen) atoms. The summed E-state index contributed by atoms with van der Waals surface area (Å²) in [7, 11) is 0. The van der Waals surface area contributed by atoms with Gasteiger partial charge in [0.1, 0.15) is 18.2 Å². The Hall–Kier alpha value is -1.78. The second-order valence-electron chi connectivity index (χ2n) is 3.00. The van der Waals surface area contributed by atoms with Gasteiger partial charge in [-0.2, -0.15) is 0 Å². The van der Waals surface area contributed by atoms with Crippen LogP contribution in [0.4, 0.5) is 9.18 Å². The number of carbonyl (C=O) groups excluding carboxylic acids is 1. The van der Waals surface area contributed by atoms with Gasteiger partial charge >= 0.3 is 6.09 Å². The Morgan fingerprint density at radius 3 is 2.93 bits per heavy atom. The first-order chi connectivity index (χ1) is 6.66. The number of alkyl carbamates (subject to hydrolysis) is 1. The molecular formula is C9H8FNO3. The van der Waals surface area contributed by atoms with Gasteiger partial charge in [-0.25, -0.2) is 9.18 Å². The first-order valence-corrected chi connectivity index (χ1v) is 4.08. The molecule has 0 unspecified atom stereocenters. The molecule has 0 saturated carbocycles. The average Bonchev–Trinajstić information content (AvgIpc) is 2.51. The SMILES string of the molecule is O=C1N[C@H](c2ccc(O)cc2F)CO1. The predicted octanol–water partition coefficient (Wildman–Crippen LogP) is 1.31. The van der Waals surface area contributed by atoms with Crippen molar-refractivity contribution in [3.63, 3.8) is 0 Å². The number of amides is 1.